The Morgan fingerprint density at radius 2 is 1.92 bits per heavy atom. The Labute approximate surface area is 150 Å². The summed E-state index contributed by atoms with van der Waals surface area (Å²) >= 11 is 11.2. The van der Waals surface area contributed by atoms with E-state index in [4.69, 9.17) is 23.2 Å². The molecule has 10 heteroatoms. The lowest BCUT2D eigenvalue weighted by Gasteiger charge is -2.16. The maximum absolute atomic E-state index is 12.8. The van der Waals surface area contributed by atoms with Gasteiger partial charge in [-0.1, -0.05) is 23.2 Å². The number of H-pyrrole nitrogens is 1. The van der Waals surface area contributed by atoms with Crippen LogP contribution >= 0.6 is 23.2 Å². The quantitative estimate of drug-likeness (QED) is 0.822. The van der Waals surface area contributed by atoms with Crippen LogP contribution in [0.3, 0.4) is 0 Å². The molecule has 2 aromatic rings. The Hall–Kier alpha value is -2.19. The van der Waals surface area contributed by atoms with Crippen LogP contribution in [-0.2, 0) is 11.0 Å². The smallest absolute Gasteiger partial charge is 0.356 e. The molecule has 2 N–H and O–H groups in total. The Morgan fingerprint density at radius 1 is 1.24 bits per heavy atom. The number of carbonyl (C=O) groups excluding carboxylic acids is 2. The molecule has 0 spiro atoms. The van der Waals surface area contributed by atoms with E-state index < -0.39 is 28.6 Å². The van der Waals surface area contributed by atoms with Gasteiger partial charge in [0.25, 0.3) is 5.91 Å². The number of hydrogen-bond acceptors (Lipinski definition) is 2. The van der Waals surface area contributed by atoms with E-state index >= 15 is 0 Å². The first-order valence-corrected chi connectivity index (χ1v) is 7.59. The lowest BCUT2D eigenvalue weighted by molar-refractivity contribution is -0.137. The van der Waals surface area contributed by atoms with Gasteiger partial charge in [-0.25, -0.2) is 0 Å². The Morgan fingerprint density at radius 3 is 2.48 bits per heavy atom. The van der Waals surface area contributed by atoms with Gasteiger partial charge >= 0.3 is 6.18 Å². The van der Waals surface area contributed by atoms with Crippen molar-refractivity contribution in [3.8, 4) is 0 Å². The van der Waals surface area contributed by atoms with Crippen molar-refractivity contribution in [3.05, 3.63) is 51.8 Å². The highest BCUT2D eigenvalue weighted by Gasteiger charge is 2.33. The predicted octanol–water partition coefficient (Wildman–Crippen LogP) is 4.05. The van der Waals surface area contributed by atoms with Gasteiger partial charge in [-0.15, -0.1) is 0 Å². The van der Waals surface area contributed by atoms with Gasteiger partial charge in [0.2, 0.25) is 5.91 Å². The van der Waals surface area contributed by atoms with E-state index in [9.17, 15) is 22.8 Å². The number of likely N-dealkylation sites (N-methyl/N-ethyl adjacent to an activating group) is 1. The molecule has 0 aliphatic rings. The molecule has 134 valence electrons. The van der Waals surface area contributed by atoms with E-state index in [-0.39, 0.29) is 17.9 Å². The second-order valence-corrected chi connectivity index (χ2v) is 5.98. The zero-order valence-corrected chi connectivity index (χ0v) is 14.3. The van der Waals surface area contributed by atoms with Gasteiger partial charge in [0.15, 0.2) is 0 Å². The summed E-state index contributed by atoms with van der Waals surface area (Å²) in [7, 11) is 1.37. The van der Waals surface area contributed by atoms with Gasteiger partial charge in [0.1, 0.15) is 5.69 Å². The van der Waals surface area contributed by atoms with Crippen molar-refractivity contribution in [2.24, 2.45) is 0 Å². The number of aromatic nitrogens is 1. The van der Waals surface area contributed by atoms with Gasteiger partial charge in [-0.2, -0.15) is 13.2 Å². The molecule has 0 aliphatic carbocycles. The molecule has 1 aromatic heterocycles. The highest BCUT2D eigenvalue weighted by molar-refractivity contribution is 6.31. The summed E-state index contributed by atoms with van der Waals surface area (Å²) in [6, 6.07) is 4.40. The molecular formula is C15H12Cl2F3N3O2. The first-order valence-electron chi connectivity index (χ1n) is 6.84. The molecule has 0 saturated heterocycles. The van der Waals surface area contributed by atoms with E-state index in [1.807, 2.05) is 0 Å². The first-order chi connectivity index (χ1) is 11.6. The summed E-state index contributed by atoms with van der Waals surface area (Å²) in [4.78, 5) is 27.8. The third-order valence-electron chi connectivity index (χ3n) is 3.16. The Bertz CT molecular complexity index is 806. The van der Waals surface area contributed by atoms with Crippen molar-refractivity contribution < 1.29 is 22.8 Å². The molecule has 0 atom stereocenters. The zero-order valence-electron chi connectivity index (χ0n) is 12.7. The van der Waals surface area contributed by atoms with Crippen LogP contribution in [-0.4, -0.2) is 35.3 Å². The maximum Gasteiger partial charge on any atom is 0.417 e. The second-order valence-electron chi connectivity index (χ2n) is 5.13. The summed E-state index contributed by atoms with van der Waals surface area (Å²) in [5.41, 5.74) is -0.950. The van der Waals surface area contributed by atoms with E-state index in [1.54, 1.807) is 0 Å². The van der Waals surface area contributed by atoms with Crippen LogP contribution in [0.1, 0.15) is 16.1 Å². The van der Waals surface area contributed by atoms with E-state index in [0.29, 0.717) is 5.02 Å². The number of nitrogens with one attached hydrogen (secondary N) is 2. The second kappa shape index (κ2) is 7.37. The lowest BCUT2D eigenvalue weighted by Crippen LogP contribution is -2.35. The SMILES string of the molecule is CN(CC(=O)Nc1ccc(Cl)c(C(F)(F)F)c1)C(=O)c1cc(Cl)c[nH]1. The topological polar surface area (TPSA) is 65.2 Å². The van der Waals surface area contributed by atoms with Crippen LogP contribution in [0.4, 0.5) is 18.9 Å². The highest BCUT2D eigenvalue weighted by Crippen LogP contribution is 2.36. The minimum absolute atomic E-state index is 0.0782. The lowest BCUT2D eigenvalue weighted by atomic mass is 10.2. The minimum atomic E-state index is -4.64. The largest absolute Gasteiger partial charge is 0.417 e. The predicted molar refractivity (Wildman–Crippen MR) is 87.8 cm³/mol. The summed E-state index contributed by atoms with van der Waals surface area (Å²) in [5, 5.41) is 2.16. The minimum Gasteiger partial charge on any atom is -0.356 e. The number of alkyl halides is 3. The summed E-state index contributed by atoms with van der Waals surface area (Å²) in [6.45, 7) is -0.362. The summed E-state index contributed by atoms with van der Waals surface area (Å²) < 4.78 is 38.4. The number of aromatic amines is 1. The summed E-state index contributed by atoms with van der Waals surface area (Å²) in [6.07, 6.45) is -3.23. The molecule has 1 aromatic carbocycles. The van der Waals surface area contributed by atoms with Crippen LogP contribution < -0.4 is 5.32 Å². The van der Waals surface area contributed by atoms with E-state index in [2.05, 4.69) is 10.3 Å². The molecule has 2 rings (SSSR count). The van der Waals surface area contributed by atoms with Crippen molar-refractivity contribution in [1.82, 2.24) is 9.88 Å². The number of hydrogen-bond donors (Lipinski definition) is 2. The standard InChI is InChI=1S/C15H12Cl2F3N3O2/c1-23(14(25)12-4-8(16)6-21-12)7-13(24)22-9-2-3-11(17)10(5-9)15(18,19)20/h2-6,21H,7H2,1H3,(H,22,24). The molecule has 5 nitrogen and oxygen atoms in total. The van der Waals surface area contributed by atoms with Crippen LogP contribution in [0.2, 0.25) is 10.0 Å². The van der Waals surface area contributed by atoms with Crippen molar-refractivity contribution in [2.45, 2.75) is 6.18 Å². The molecule has 25 heavy (non-hydrogen) atoms. The van der Waals surface area contributed by atoms with Crippen LogP contribution in [0.25, 0.3) is 0 Å². The number of benzene rings is 1. The fraction of sp³-hybridized carbons (Fsp3) is 0.200. The van der Waals surface area contributed by atoms with Crippen LogP contribution in [0.15, 0.2) is 30.5 Å². The third kappa shape index (κ3) is 4.90. The normalized spacial score (nSPS) is 11.3. The van der Waals surface area contributed by atoms with Crippen molar-refractivity contribution in [2.75, 3.05) is 18.9 Å². The van der Waals surface area contributed by atoms with Gasteiger partial charge in [0.05, 0.1) is 22.2 Å². The maximum atomic E-state index is 12.8. The van der Waals surface area contributed by atoms with Crippen LogP contribution in [0, 0.1) is 0 Å². The summed E-state index contributed by atoms with van der Waals surface area (Å²) in [5.74, 6) is -1.15. The Balaban J connectivity index is 2.04. The molecular weight excluding hydrogens is 382 g/mol. The number of anilines is 1. The van der Waals surface area contributed by atoms with Crippen LogP contribution in [0.5, 0.6) is 0 Å². The molecule has 0 fully saturated rings. The molecule has 0 unspecified atom stereocenters. The first kappa shape index (κ1) is 19.1. The number of amides is 2. The van der Waals surface area contributed by atoms with Gasteiger partial charge in [0, 0.05) is 18.9 Å². The molecule has 1 heterocycles. The number of carbonyl (C=O) groups is 2. The van der Waals surface area contributed by atoms with Crippen molar-refractivity contribution >= 4 is 40.7 Å². The van der Waals surface area contributed by atoms with Gasteiger partial charge in [-0.3, -0.25) is 9.59 Å². The molecule has 2 amide bonds. The molecule has 0 saturated carbocycles. The highest BCUT2D eigenvalue weighted by atomic mass is 35.5. The van der Waals surface area contributed by atoms with Gasteiger partial charge < -0.3 is 15.2 Å². The number of rotatable bonds is 4. The Kier molecular flexibility index (Phi) is 5.64. The number of nitrogens with zero attached hydrogens (tertiary/aromatic N) is 1. The fourth-order valence-electron chi connectivity index (χ4n) is 2.01. The van der Waals surface area contributed by atoms with Crippen molar-refractivity contribution in [1.29, 1.82) is 0 Å². The van der Waals surface area contributed by atoms with Crippen molar-refractivity contribution in [3.63, 3.8) is 0 Å². The molecule has 0 aliphatic heterocycles. The van der Waals surface area contributed by atoms with E-state index in [0.717, 1.165) is 17.0 Å². The zero-order chi connectivity index (χ0) is 18.8. The molecule has 0 radical (unpaired) electrons. The molecule has 0 bridgehead atoms. The average molecular weight is 394 g/mol. The van der Waals surface area contributed by atoms with E-state index in [1.165, 1.54) is 25.4 Å². The monoisotopic (exact) mass is 393 g/mol. The number of halogens is 5. The average Bonchev–Trinajstić information content (AvgIpc) is 2.93. The third-order valence-corrected chi connectivity index (χ3v) is 3.71. The fourth-order valence-corrected chi connectivity index (χ4v) is 2.39. The van der Waals surface area contributed by atoms with Gasteiger partial charge in [-0.05, 0) is 24.3 Å².